The Morgan fingerprint density at radius 3 is 1.43 bits per heavy atom. The zero-order valence-electron chi connectivity index (χ0n) is 3.04. The molecule has 0 unspecified atom stereocenters. The van der Waals surface area contributed by atoms with E-state index in [9.17, 15) is 0 Å². The first kappa shape index (κ1) is 8.51. The summed E-state index contributed by atoms with van der Waals surface area (Å²) < 4.78 is -1.33. The molecule has 0 amide bonds. The molecule has 0 bridgehead atoms. The Morgan fingerprint density at radius 1 is 1.29 bits per heavy atom. The lowest BCUT2D eigenvalue weighted by molar-refractivity contribution is 1.22. The smallest absolute Gasteiger partial charge is 0.138 e. The van der Waals surface area contributed by atoms with Gasteiger partial charge in [-0.15, -0.1) is 35.8 Å². The third-order valence-electron chi connectivity index (χ3n) is 0.263. The molecule has 0 aromatic carbocycles. The van der Waals surface area contributed by atoms with E-state index >= 15 is 0 Å². The molecule has 0 atom stereocenters. The number of hydrogen-bond acceptors (Lipinski definition) is 1. The van der Waals surface area contributed by atoms with E-state index in [0.717, 1.165) is 0 Å². The number of halogens is 4. The van der Waals surface area contributed by atoms with Gasteiger partial charge in [-0.05, 0) is 0 Å². The predicted molar refractivity (Wildman–Crippen MR) is 38.9 cm³/mol. The van der Waals surface area contributed by atoms with Gasteiger partial charge in [0, 0.05) is 0 Å². The van der Waals surface area contributed by atoms with Crippen molar-refractivity contribution in [2.24, 2.45) is 0 Å². The van der Waals surface area contributed by atoms with Gasteiger partial charge in [0.1, 0.15) is 4.84 Å². The van der Waals surface area contributed by atoms with Crippen LogP contribution in [0.25, 0.3) is 0 Å². The lowest BCUT2D eigenvalue weighted by Gasteiger charge is -2.10. The SMILES string of the molecule is SC(Cl)(Cl)C(Cl)Cl. The van der Waals surface area contributed by atoms with Crippen molar-refractivity contribution >= 4 is 59.0 Å². The lowest BCUT2D eigenvalue weighted by atomic mass is 10.9. The van der Waals surface area contributed by atoms with E-state index < -0.39 is 8.50 Å². The van der Waals surface area contributed by atoms with Gasteiger partial charge in [0.25, 0.3) is 0 Å². The minimum absolute atomic E-state index is 0.862. The normalized spacial score (nSPS) is 12.9. The molecule has 0 saturated carbocycles. The fourth-order valence-corrected chi connectivity index (χ4v) is 0. The maximum Gasteiger partial charge on any atom is 0.190 e. The third kappa shape index (κ3) is 4.04. The fraction of sp³-hybridized carbons (Fsp3) is 1.00. The van der Waals surface area contributed by atoms with Gasteiger partial charge in [-0.3, -0.25) is 0 Å². The van der Waals surface area contributed by atoms with Crippen LogP contribution >= 0.6 is 59.0 Å². The Kier molecular flexibility index (Phi) is 3.50. The fourth-order valence-electron chi connectivity index (χ4n) is 0. The Hall–Kier alpha value is 1.51. The van der Waals surface area contributed by atoms with E-state index in [4.69, 9.17) is 46.4 Å². The van der Waals surface area contributed by atoms with Crippen molar-refractivity contribution in [3.63, 3.8) is 0 Å². The standard InChI is InChI=1S/C2H2Cl4S/c3-1(4)2(5,6)7/h1,7H. The summed E-state index contributed by atoms with van der Waals surface area (Å²) in [5.74, 6) is 0. The second-order valence-corrected chi connectivity index (χ2v) is 4.60. The summed E-state index contributed by atoms with van der Waals surface area (Å²) in [4.78, 5) is -0.862. The summed E-state index contributed by atoms with van der Waals surface area (Å²) in [6.07, 6.45) is 0. The van der Waals surface area contributed by atoms with E-state index in [0.29, 0.717) is 0 Å². The van der Waals surface area contributed by atoms with Crippen LogP contribution in [0.2, 0.25) is 0 Å². The average molecular weight is 200 g/mol. The average Bonchev–Trinajstić information content (AvgIpc) is 1.31. The highest BCUT2D eigenvalue weighted by molar-refractivity contribution is 7.85. The van der Waals surface area contributed by atoms with Crippen molar-refractivity contribution in [2.45, 2.75) is 8.50 Å². The molecule has 0 fully saturated rings. The van der Waals surface area contributed by atoms with Crippen LogP contribution in [0.3, 0.4) is 0 Å². The van der Waals surface area contributed by atoms with Gasteiger partial charge in [0.2, 0.25) is 0 Å². The second-order valence-electron chi connectivity index (χ2n) is 0.888. The molecule has 0 spiro atoms. The highest BCUT2D eigenvalue weighted by atomic mass is 35.5. The quantitative estimate of drug-likeness (QED) is 0.488. The molecule has 7 heavy (non-hydrogen) atoms. The van der Waals surface area contributed by atoms with Crippen molar-refractivity contribution in [3.8, 4) is 0 Å². The topological polar surface area (TPSA) is 0 Å². The van der Waals surface area contributed by atoms with E-state index in [2.05, 4.69) is 12.6 Å². The summed E-state index contributed by atoms with van der Waals surface area (Å²) in [5.41, 5.74) is 0. The summed E-state index contributed by atoms with van der Waals surface area (Å²) in [5, 5.41) is 0. The minimum Gasteiger partial charge on any atom is -0.138 e. The number of thiol groups is 1. The predicted octanol–water partition coefficient (Wildman–Crippen LogP) is 2.85. The number of hydrogen-bond donors (Lipinski definition) is 1. The van der Waals surface area contributed by atoms with Crippen LogP contribution in [0.5, 0.6) is 0 Å². The highest BCUT2D eigenvalue weighted by Gasteiger charge is 2.26. The van der Waals surface area contributed by atoms with Crippen LogP contribution in [-0.2, 0) is 0 Å². The molecule has 0 aromatic rings. The molecule has 0 aliphatic carbocycles. The molecule has 0 aliphatic heterocycles. The van der Waals surface area contributed by atoms with Gasteiger partial charge in [0.15, 0.2) is 3.67 Å². The van der Waals surface area contributed by atoms with Crippen molar-refractivity contribution in [2.75, 3.05) is 0 Å². The van der Waals surface area contributed by atoms with Crippen LogP contribution in [0, 0.1) is 0 Å². The van der Waals surface area contributed by atoms with E-state index in [1.165, 1.54) is 0 Å². The van der Waals surface area contributed by atoms with Crippen LogP contribution in [0.1, 0.15) is 0 Å². The van der Waals surface area contributed by atoms with E-state index in [1.54, 1.807) is 0 Å². The first-order valence-electron chi connectivity index (χ1n) is 1.33. The van der Waals surface area contributed by atoms with Gasteiger partial charge in [0.05, 0.1) is 0 Å². The molecular weight excluding hydrogens is 198 g/mol. The van der Waals surface area contributed by atoms with Gasteiger partial charge in [-0.25, -0.2) is 0 Å². The van der Waals surface area contributed by atoms with Gasteiger partial charge >= 0.3 is 0 Å². The Morgan fingerprint density at radius 2 is 1.43 bits per heavy atom. The van der Waals surface area contributed by atoms with Crippen LogP contribution in [-0.4, -0.2) is 8.50 Å². The second kappa shape index (κ2) is 2.88. The zero-order valence-corrected chi connectivity index (χ0v) is 6.95. The molecule has 0 saturated heterocycles. The molecule has 0 radical (unpaired) electrons. The summed E-state index contributed by atoms with van der Waals surface area (Å²) in [7, 11) is 0. The number of rotatable bonds is 1. The van der Waals surface area contributed by atoms with Crippen LogP contribution in [0.15, 0.2) is 0 Å². The highest BCUT2D eigenvalue weighted by Crippen LogP contribution is 2.35. The molecule has 5 heteroatoms. The molecule has 0 N–H and O–H groups in total. The molecule has 0 aliphatic rings. The maximum absolute atomic E-state index is 5.23. The van der Waals surface area contributed by atoms with Crippen molar-refractivity contribution < 1.29 is 0 Å². The molecule has 44 valence electrons. The Bertz CT molecular complexity index is 55.2. The van der Waals surface area contributed by atoms with Crippen molar-refractivity contribution in [3.05, 3.63) is 0 Å². The van der Waals surface area contributed by atoms with Gasteiger partial charge < -0.3 is 0 Å². The Balaban J connectivity index is 3.54. The van der Waals surface area contributed by atoms with Crippen LogP contribution in [0.4, 0.5) is 0 Å². The molecule has 0 heterocycles. The maximum atomic E-state index is 5.23. The van der Waals surface area contributed by atoms with Gasteiger partial charge in [-0.2, -0.15) is 0 Å². The molecular formula is C2H2Cl4S. The van der Waals surface area contributed by atoms with E-state index in [1.807, 2.05) is 0 Å². The first-order valence-corrected chi connectivity index (χ1v) is 3.40. The lowest BCUT2D eigenvalue weighted by Crippen LogP contribution is -2.11. The summed E-state index contributed by atoms with van der Waals surface area (Å²) >= 11 is 24.4. The summed E-state index contributed by atoms with van der Waals surface area (Å²) in [6.45, 7) is 0. The molecule has 0 nitrogen and oxygen atoms in total. The Labute approximate surface area is 67.5 Å². The molecule has 0 aromatic heterocycles. The zero-order chi connectivity index (χ0) is 6.08. The monoisotopic (exact) mass is 198 g/mol. The third-order valence-corrected chi connectivity index (χ3v) is 2.36. The van der Waals surface area contributed by atoms with Gasteiger partial charge in [-0.1, -0.05) is 23.2 Å². The summed E-state index contributed by atoms with van der Waals surface area (Å²) in [6, 6.07) is 0. The number of alkyl halides is 4. The molecule has 0 rings (SSSR count). The first-order chi connectivity index (χ1) is 2.94. The van der Waals surface area contributed by atoms with Crippen molar-refractivity contribution in [1.29, 1.82) is 0 Å². The largest absolute Gasteiger partial charge is 0.190 e. The van der Waals surface area contributed by atoms with Crippen molar-refractivity contribution in [1.82, 2.24) is 0 Å². The minimum atomic E-state index is -1.33. The van der Waals surface area contributed by atoms with Crippen LogP contribution < -0.4 is 0 Å². The van der Waals surface area contributed by atoms with E-state index in [-0.39, 0.29) is 0 Å².